The minimum atomic E-state index is -0.0248. The van der Waals surface area contributed by atoms with E-state index in [4.69, 9.17) is 0 Å². The Morgan fingerprint density at radius 1 is 1.40 bits per heavy atom. The number of hydrogen-bond acceptors (Lipinski definition) is 3. The minimum absolute atomic E-state index is 0.0248. The van der Waals surface area contributed by atoms with Gasteiger partial charge in [0, 0.05) is 25.8 Å². The van der Waals surface area contributed by atoms with E-state index in [1.54, 1.807) is 6.20 Å². The topological polar surface area (TPSA) is 45.2 Å². The number of nitrogens with zero attached hydrogens (tertiary/aromatic N) is 2. The first-order valence-corrected chi connectivity index (χ1v) is 7.72. The number of anilines is 1. The van der Waals surface area contributed by atoms with E-state index in [2.05, 4.69) is 15.2 Å². The number of aromatic nitrogens is 1. The molecule has 3 rings (SSSR count). The molecule has 1 saturated heterocycles. The molecule has 0 bridgehead atoms. The predicted octanol–water partition coefficient (Wildman–Crippen LogP) is 2.60. The van der Waals surface area contributed by atoms with Crippen LogP contribution in [0.3, 0.4) is 0 Å². The van der Waals surface area contributed by atoms with E-state index >= 15 is 0 Å². The van der Waals surface area contributed by atoms with Crippen molar-refractivity contribution < 1.29 is 4.79 Å². The third-order valence-electron chi connectivity index (χ3n) is 4.49. The van der Waals surface area contributed by atoms with Gasteiger partial charge >= 0.3 is 0 Å². The first kappa shape index (κ1) is 13.4. The molecule has 0 unspecified atom stereocenters. The molecule has 1 aliphatic heterocycles. The number of hydrogen-bond donors (Lipinski definition) is 1. The van der Waals surface area contributed by atoms with Crippen LogP contribution in [-0.4, -0.2) is 30.5 Å². The van der Waals surface area contributed by atoms with Gasteiger partial charge in [-0.25, -0.2) is 4.98 Å². The van der Waals surface area contributed by atoms with Crippen molar-refractivity contribution in [2.24, 2.45) is 5.41 Å². The highest BCUT2D eigenvalue weighted by Crippen LogP contribution is 2.52. The van der Waals surface area contributed by atoms with Crippen LogP contribution >= 0.6 is 0 Å². The molecule has 2 fully saturated rings. The van der Waals surface area contributed by atoms with Gasteiger partial charge in [0.1, 0.15) is 5.82 Å². The fourth-order valence-corrected chi connectivity index (χ4v) is 3.04. The molecule has 0 radical (unpaired) electrons. The second-order valence-corrected chi connectivity index (χ2v) is 6.19. The standard InChI is InChI=1S/C16H23N3O/c1-2-9-17-15(20)13-4-5-14(18-11-13)19-10-3-6-16(12-19)7-8-16/h4-5,11H,2-3,6-10,12H2,1H3,(H,17,20). The van der Waals surface area contributed by atoms with Gasteiger partial charge in [-0.15, -0.1) is 0 Å². The van der Waals surface area contributed by atoms with Crippen LogP contribution in [0.2, 0.25) is 0 Å². The van der Waals surface area contributed by atoms with Gasteiger partial charge in [-0.2, -0.15) is 0 Å². The monoisotopic (exact) mass is 273 g/mol. The molecule has 2 aliphatic rings. The normalized spacial score (nSPS) is 19.9. The lowest BCUT2D eigenvalue weighted by molar-refractivity contribution is 0.0953. The van der Waals surface area contributed by atoms with Gasteiger partial charge in [0.05, 0.1) is 5.56 Å². The second kappa shape index (κ2) is 5.43. The molecule has 108 valence electrons. The highest BCUT2D eigenvalue weighted by Gasteiger charge is 2.45. The van der Waals surface area contributed by atoms with E-state index in [0.29, 0.717) is 11.0 Å². The van der Waals surface area contributed by atoms with E-state index in [0.717, 1.165) is 31.9 Å². The average Bonchev–Trinajstić information content (AvgIpc) is 3.23. The number of rotatable bonds is 4. The maximum absolute atomic E-state index is 11.8. The Hall–Kier alpha value is -1.58. The summed E-state index contributed by atoms with van der Waals surface area (Å²) in [4.78, 5) is 18.7. The summed E-state index contributed by atoms with van der Waals surface area (Å²) in [6.45, 7) is 5.00. The summed E-state index contributed by atoms with van der Waals surface area (Å²) in [6, 6.07) is 3.88. The van der Waals surface area contributed by atoms with Crippen molar-refractivity contribution in [2.75, 3.05) is 24.5 Å². The molecule has 1 saturated carbocycles. The van der Waals surface area contributed by atoms with E-state index < -0.39 is 0 Å². The maximum Gasteiger partial charge on any atom is 0.252 e. The van der Waals surface area contributed by atoms with Crippen LogP contribution < -0.4 is 10.2 Å². The highest BCUT2D eigenvalue weighted by molar-refractivity contribution is 5.94. The van der Waals surface area contributed by atoms with Crippen molar-refractivity contribution in [1.82, 2.24) is 10.3 Å². The first-order valence-electron chi connectivity index (χ1n) is 7.72. The summed E-state index contributed by atoms with van der Waals surface area (Å²) < 4.78 is 0. The molecule has 4 nitrogen and oxygen atoms in total. The number of nitrogens with one attached hydrogen (secondary N) is 1. The Morgan fingerprint density at radius 2 is 2.25 bits per heavy atom. The molecule has 1 amide bonds. The Balaban J connectivity index is 1.65. The Labute approximate surface area is 120 Å². The van der Waals surface area contributed by atoms with Gasteiger partial charge in [0.25, 0.3) is 5.91 Å². The van der Waals surface area contributed by atoms with Crippen molar-refractivity contribution in [3.8, 4) is 0 Å². The Kier molecular flexibility index (Phi) is 3.64. The molecule has 0 atom stereocenters. The summed E-state index contributed by atoms with van der Waals surface area (Å²) in [5.41, 5.74) is 1.25. The van der Waals surface area contributed by atoms with Crippen LogP contribution in [0.4, 0.5) is 5.82 Å². The average molecular weight is 273 g/mol. The molecular formula is C16H23N3O. The van der Waals surface area contributed by atoms with Crippen LogP contribution in [0.1, 0.15) is 49.4 Å². The quantitative estimate of drug-likeness (QED) is 0.917. The van der Waals surface area contributed by atoms with Crippen molar-refractivity contribution >= 4 is 11.7 Å². The van der Waals surface area contributed by atoms with Crippen LogP contribution in [0, 0.1) is 5.41 Å². The zero-order valence-electron chi connectivity index (χ0n) is 12.2. The zero-order chi connectivity index (χ0) is 14.0. The SMILES string of the molecule is CCCNC(=O)c1ccc(N2CCCC3(CC3)C2)nc1. The zero-order valence-corrected chi connectivity index (χ0v) is 12.2. The lowest BCUT2D eigenvalue weighted by atomic mass is 9.95. The third kappa shape index (κ3) is 2.79. The fourth-order valence-electron chi connectivity index (χ4n) is 3.04. The summed E-state index contributed by atoms with van der Waals surface area (Å²) in [5, 5.41) is 2.88. The molecule has 1 spiro atoms. The third-order valence-corrected chi connectivity index (χ3v) is 4.49. The lowest BCUT2D eigenvalue weighted by Gasteiger charge is -2.33. The van der Waals surface area contributed by atoms with Crippen molar-refractivity contribution in [3.63, 3.8) is 0 Å². The lowest BCUT2D eigenvalue weighted by Crippen LogP contribution is -2.37. The van der Waals surface area contributed by atoms with Crippen LogP contribution in [-0.2, 0) is 0 Å². The predicted molar refractivity (Wildman–Crippen MR) is 80.0 cm³/mol. The van der Waals surface area contributed by atoms with Gasteiger partial charge in [0.2, 0.25) is 0 Å². The Bertz CT molecular complexity index is 479. The summed E-state index contributed by atoms with van der Waals surface area (Å²) in [6.07, 6.45) is 8.05. The van der Waals surface area contributed by atoms with Crippen LogP contribution in [0.15, 0.2) is 18.3 Å². The van der Waals surface area contributed by atoms with Crippen LogP contribution in [0.5, 0.6) is 0 Å². The largest absolute Gasteiger partial charge is 0.356 e. The molecule has 0 aromatic carbocycles. The molecule has 1 aromatic rings. The maximum atomic E-state index is 11.8. The molecule has 20 heavy (non-hydrogen) atoms. The van der Waals surface area contributed by atoms with Gasteiger partial charge in [-0.1, -0.05) is 6.92 Å². The van der Waals surface area contributed by atoms with Gasteiger partial charge in [-0.3, -0.25) is 4.79 Å². The molecular weight excluding hydrogens is 250 g/mol. The first-order chi connectivity index (χ1) is 9.72. The van der Waals surface area contributed by atoms with Crippen molar-refractivity contribution in [3.05, 3.63) is 23.9 Å². The minimum Gasteiger partial charge on any atom is -0.356 e. The summed E-state index contributed by atoms with van der Waals surface area (Å²) in [7, 11) is 0. The molecule has 2 heterocycles. The second-order valence-electron chi connectivity index (χ2n) is 6.19. The van der Waals surface area contributed by atoms with Gasteiger partial charge in [-0.05, 0) is 49.7 Å². The number of amides is 1. The molecule has 4 heteroatoms. The van der Waals surface area contributed by atoms with Gasteiger partial charge < -0.3 is 10.2 Å². The highest BCUT2D eigenvalue weighted by atomic mass is 16.1. The number of pyridine rings is 1. The van der Waals surface area contributed by atoms with E-state index in [-0.39, 0.29) is 5.91 Å². The van der Waals surface area contributed by atoms with Gasteiger partial charge in [0.15, 0.2) is 0 Å². The summed E-state index contributed by atoms with van der Waals surface area (Å²) in [5.74, 6) is 0.992. The van der Waals surface area contributed by atoms with E-state index in [1.807, 2.05) is 19.1 Å². The smallest absolute Gasteiger partial charge is 0.252 e. The van der Waals surface area contributed by atoms with Crippen molar-refractivity contribution in [2.45, 2.75) is 39.0 Å². The fraction of sp³-hybridized carbons (Fsp3) is 0.625. The molecule has 1 aliphatic carbocycles. The van der Waals surface area contributed by atoms with Crippen LogP contribution in [0.25, 0.3) is 0 Å². The number of piperidine rings is 1. The summed E-state index contributed by atoms with van der Waals surface area (Å²) >= 11 is 0. The molecule has 1 N–H and O–H groups in total. The van der Waals surface area contributed by atoms with E-state index in [1.165, 1.54) is 25.7 Å². The number of carbonyl (C=O) groups excluding carboxylic acids is 1. The molecule has 1 aromatic heterocycles. The van der Waals surface area contributed by atoms with Crippen molar-refractivity contribution in [1.29, 1.82) is 0 Å². The van der Waals surface area contributed by atoms with E-state index in [9.17, 15) is 4.79 Å². The number of carbonyl (C=O) groups is 1. The Morgan fingerprint density at radius 3 is 2.90 bits per heavy atom.